The number of para-hydroxylation sites is 1. The van der Waals surface area contributed by atoms with Crippen LogP contribution in [0.4, 0.5) is 0 Å². The van der Waals surface area contributed by atoms with E-state index in [0.29, 0.717) is 43.3 Å². The van der Waals surface area contributed by atoms with Gasteiger partial charge >= 0.3 is 0 Å². The van der Waals surface area contributed by atoms with Gasteiger partial charge in [-0.1, -0.05) is 46.7 Å². The lowest BCUT2D eigenvalue weighted by molar-refractivity contribution is 0.177. The molecule has 1 saturated heterocycles. The van der Waals surface area contributed by atoms with E-state index in [1.165, 1.54) is 4.31 Å². The van der Waals surface area contributed by atoms with E-state index in [9.17, 15) is 13.5 Å². The minimum Gasteiger partial charge on any atom is -0.491 e. The van der Waals surface area contributed by atoms with Crippen molar-refractivity contribution in [1.82, 2.24) is 24.2 Å². The van der Waals surface area contributed by atoms with Crippen LogP contribution in [0.3, 0.4) is 0 Å². The number of nitrogens with zero attached hydrogens (tertiary/aromatic N) is 5. The first kappa shape index (κ1) is 18.6. The predicted molar refractivity (Wildman–Crippen MR) is 104 cm³/mol. The number of hydrogen-bond acceptors (Lipinski definition) is 6. The molecule has 0 atom stereocenters. The minimum atomic E-state index is -3.48. The Morgan fingerprint density at radius 2 is 1.50 bits per heavy atom. The summed E-state index contributed by atoms with van der Waals surface area (Å²) < 4.78 is 28.6. The lowest BCUT2D eigenvalue weighted by atomic mass is 10.3. The third-order valence-corrected chi connectivity index (χ3v) is 6.74. The molecule has 0 unspecified atom stereocenters. The second-order valence-corrected chi connectivity index (χ2v) is 8.54. The van der Waals surface area contributed by atoms with Gasteiger partial charge in [0.2, 0.25) is 10.0 Å². The van der Waals surface area contributed by atoms with Crippen LogP contribution >= 0.6 is 0 Å². The topological polar surface area (TPSA) is 91.6 Å². The van der Waals surface area contributed by atoms with Crippen LogP contribution in [0.2, 0.25) is 0 Å². The van der Waals surface area contributed by atoms with Crippen LogP contribution in [-0.2, 0) is 16.6 Å². The molecule has 8 nitrogen and oxygen atoms in total. The van der Waals surface area contributed by atoms with Gasteiger partial charge < -0.3 is 5.11 Å². The minimum absolute atomic E-state index is 0.108. The van der Waals surface area contributed by atoms with Crippen LogP contribution in [-0.4, -0.2) is 63.9 Å². The van der Waals surface area contributed by atoms with Crippen LogP contribution in [0.5, 0.6) is 5.88 Å². The third-order valence-electron chi connectivity index (χ3n) is 4.83. The summed E-state index contributed by atoms with van der Waals surface area (Å²) in [5.41, 5.74) is 1.40. The van der Waals surface area contributed by atoms with Gasteiger partial charge in [-0.25, -0.2) is 13.1 Å². The summed E-state index contributed by atoms with van der Waals surface area (Å²) in [6.45, 7) is 2.35. The summed E-state index contributed by atoms with van der Waals surface area (Å²) in [7, 11) is -3.48. The Labute approximate surface area is 163 Å². The van der Waals surface area contributed by atoms with Crippen molar-refractivity contribution in [1.29, 1.82) is 0 Å². The van der Waals surface area contributed by atoms with Crippen molar-refractivity contribution >= 4 is 10.0 Å². The zero-order chi connectivity index (χ0) is 19.6. The number of piperazine rings is 1. The molecule has 0 amide bonds. The number of aromatic hydroxyl groups is 1. The second-order valence-electron chi connectivity index (χ2n) is 6.60. The molecule has 0 spiro atoms. The summed E-state index contributed by atoms with van der Waals surface area (Å²) in [4.78, 5) is 2.40. The molecule has 1 aliphatic heterocycles. The van der Waals surface area contributed by atoms with E-state index in [0.717, 1.165) is 5.69 Å². The van der Waals surface area contributed by atoms with Gasteiger partial charge in [-0.3, -0.25) is 4.90 Å². The molecule has 1 aromatic heterocycles. The lowest BCUT2D eigenvalue weighted by Gasteiger charge is -2.33. The van der Waals surface area contributed by atoms with Crippen molar-refractivity contribution < 1.29 is 13.5 Å². The number of benzene rings is 2. The standard InChI is InChI=1S/C19H21N5O3S/c25-19-18(24(21-20-19)16-7-3-1-4-8-16)15-22-11-13-23(14-12-22)28(26,27)17-9-5-2-6-10-17/h1-10,25H,11-15H2. The van der Waals surface area contributed by atoms with Crippen LogP contribution in [0.1, 0.15) is 5.69 Å². The number of rotatable bonds is 5. The highest BCUT2D eigenvalue weighted by Gasteiger charge is 2.29. The Hall–Kier alpha value is -2.75. The first-order chi connectivity index (χ1) is 13.6. The lowest BCUT2D eigenvalue weighted by Crippen LogP contribution is -2.48. The highest BCUT2D eigenvalue weighted by atomic mass is 32.2. The van der Waals surface area contributed by atoms with Crippen molar-refractivity contribution in [2.45, 2.75) is 11.4 Å². The molecule has 2 heterocycles. The molecule has 0 bridgehead atoms. The van der Waals surface area contributed by atoms with Crippen LogP contribution in [0.25, 0.3) is 5.69 Å². The summed E-state index contributed by atoms with van der Waals surface area (Å²) >= 11 is 0. The zero-order valence-electron chi connectivity index (χ0n) is 15.2. The van der Waals surface area contributed by atoms with Gasteiger partial charge in [0.25, 0.3) is 5.88 Å². The third kappa shape index (κ3) is 3.64. The average Bonchev–Trinajstić information content (AvgIpc) is 3.10. The van der Waals surface area contributed by atoms with Crippen molar-refractivity contribution in [2.24, 2.45) is 0 Å². The first-order valence-electron chi connectivity index (χ1n) is 9.02. The molecule has 0 aliphatic carbocycles. The maximum atomic E-state index is 12.7. The smallest absolute Gasteiger partial charge is 0.256 e. The summed E-state index contributed by atoms with van der Waals surface area (Å²) in [5, 5.41) is 17.9. The monoisotopic (exact) mass is 399 g/mol. The van der Waals surface area contributed by atoms with Gasteiger partial charge in [0.15, 0.2) is 0 Å². The molecule has 28 heavy (non-hydrogen) atoms. The molecular formula is C19H21N5O3S. The molecule has 9 heteroatoms. The largest absolute Gasteiger partial charge is 0.491 e. The van der Waals surface area contributed by atoms with E-state index < -0.39 is 10.0 Å². The van der Waals surface area contributed by atoms with Gasteiger partial charge in [0.1, 0.15) is 5.69 Å². The molecule has 3 aromatic rings. The predicted octanol–water partition coefficient (Wildman–Crippen LogP) is 1.48. The quantitative estimate of drug-likeness (QED) is 0.699. The van der Waals surface area contributed by atoms with E-state index in [-0.39, 0.29) is 5.88 Å². The molecule has 1 fully saturated rings. The molecule has 2 aromatic carbocycles. The molecule has 1 N–H and O–H groups in total. The van der Waals surface area contributed by atoms with Crippen molar-refractivity contribution in [2.75, 3.05) is 26.2 Å². The normalized spacial score (nSPS) is 16.3. The fraction of sp³-hybridized carbons (Fsp3) is 0.263. The van der Waals surface area contributed by atoms with E-state index in [1.807, 2.05) is 30.3 Å². The Balaban J connectivity index is 1.45. The van der Waals surface area contributed by atoms with Crippen LogP contribution in [0.15, 0.2) is 65.6 Å². The highest BCUT2D eigenvalue weighted by molar-refractivity contribution is 7.89. The Bertz CT molecular complexity index is 1030. The number of aromatic nitrogens is 3. The van der Waals surface area contributed by atoms with Gasteiger partial charge in [-0.2, -0.15) is 4.31 Å². The molecular weight excluding hydrogens is 378 g/mol. The summed E-state index contributed by atoms with van der Waals surface area (Å²) in [6, 6.07) is 18.0. The number of hydrogen-bond donors (Lipinski definition) is 1. The summed E-state index contributed by atoms with van der Waals surface area (Å²) in [6.07, 6.45) is 0. The van der Waals surface area contributed by atoms with Crippen LogP contribution in [0, 0.1) is 0 Å². The zero-order valence-corrected chi connectivity index (χ0v) is 16.0. The van der Waals surface area contributed by atoms with E-state index in [2.05, 4.69) is 15.2 Å². The molecule has 4 rings (SSSR count). The Morgan fingerprint density at radius 1 is 0.893 bits per heavy atom. The average molecular weight is 399 g/mol. The first-order valence-corrected chi connectivity index (χ1v) is 10.5. The maximum absolute atomic E-state index is 12.7. The molecule has 146 valence electrons. The highest BCUT2D eigenvalue weighted by Crippen LogP contribution is 2.22. The van der Waals surface area contributed by atoms with Crippen LogP contribution < -0.4 is 0 Å². The van der Waals surface area contributed by atoms with Crippen molar-refractivity contribution in [3.8, 4) is 11.6 Å². The molecule has 1 aliphatic rings. The fourth-order valence-corrected chi connectivity index (χ4v) is 4.73. The van der Waals surface area contributed by atoms with Crippen molar-refractivity contribution in [3.05, 3.63) is 66.4 Å². The SMILES string of the molecule is O=S(=O)(c1ccccc1)N1CCN(Cc2c(O)nnn2-c2ccccc2)CC1. The van der Waals surface area contributed by atoms with E-state index in [1.54, 1.807) is 35.0 Å². The van der Waals surface area contributed by atoms with E-state index >= 15 is 0 Å². The van der Waals surface area contributed by atoms with Gasteiger partial charge in [0, 0.05) is 32.7 Å². The Kier molecular flexibility index (Phi) is 5.12. The molecule has 0 radical (unpaired) electrons. The van der Waals surface area contributed by atoms with Gasteiger partial charge in [0.05, 0.1) is 10.6 Å². The van der Waals surface area contributed by atoms with Gasteiger partial charge in [-0.05, 0) is 24.3 Å². The second kappa shape index (κ2) is 7.70. The fourth-order valence-electron chi connectivity index (χ4n) is 3.29. The Morgan fingerprint density at radius 3 is 2.14 bits per heavy atom. The van der Waals surface area contributed by atoms with Gasteiger partial charge in [-0.15, -0.1) is 0 Å². The van der Waals surface area contributed by atoms with E-state index in [4.69, 9.17) is 0 Å². The molecule has 0 saturated carbocycles. The van der Waals surface area contributed by atoms with Crippen molar-refractivity contribution in [3.63, 3.8) is 0 Å². The maximum Gasteiger partial charge on any atom is 0.256 e. The number of sulfonamides is 1. The summed E-state index contributed by atoms with van der Waals surface area (Å²) in [5.74, 6) is -0.108.